The van der Waals surface area contributed by atoms with Crippen LogP contribution in [0.2, 0.25) is 0 Å². The maximum atomic E-state index is 12.0. The van der Waals surface area contributed by atoms with Gasteiger partial charge in [0, 0.05) is 25.8 Å². The van der Waals surface area contributed by atoms with Gasteiger partial charge in [0.05, 0.1) is 36.8 Å². The van der Waals surface area contributed by atoms with Gasteiger partial charge in [0.15, 0.2) is 5.13 Å². The minimum absolute atomic E-state index is 0.130. The molecule has 156 valence electrons. The molecule has 0 aliphatic carbocycles. The zero-order chi connectivity index (χ0) is 20.6. The van der Waals surface area contributed by atoms with Crippen molar-refractivity contribution >= 4 is 34.3 Å². The van der Waals surface area contributed by atoms with E-state index < -0.39 is 6.03 Å². The third-order valence-corrected chi connectivity index (χ3v) is 5.40. The van der Waals surface area contributed by atoms with E-state index in [9.17, 15) is 9.59 Å². The minimum Gasteiger partial charge on any atom is -0.466 e. The number of thiazole rings is 1. The van der Waals surface area contributed by atoms with Crippen LogP contribution < -0.4 is 15.5 Å². The average molecular weight is 420 g/mol. The quantitative estimate of drug-likeness (QED) is 0.664. The van der Waals surface area contributed by atoms with E-state index in [1.165, 1.54) is 11.3 Å². The fourth-order valence-electron chi connectivity index (χ4n) is 2.90. The highest BCUT2D eigenvalue weighted by Gasteiger charge is 2.16. The third-order valence-electron chi connectivity index (χ3n) is 4.28. The SMILES string of the molecule is CCOC(=O)CCNC(=O)Nc1nc(C)c(-c2ccnc(N3CCOCC3)c2)s1. The van der Waals surface area contributed by atoms with E-state index >= 15 is 0 Å². The van der Waals surface area contributed by atoms with Crippen LogP contribution in [0.5, 0.6) is 0 Å². The van der Waals surface area contributed by atoms with E-state index in [2.05, 4.69) is 25.5 Å². The zero-order valence-corrected chi connectivity index (χ0v) is 17.4. The smallest absolute Gasteiger partial charge is 0.321 e. The number of rotatable bonds is 7. The van der Waals surface area contributed by atoms with E-state index in [1.54, 1.807) is 13.1 Å². The number of carbonyl (C=O) groups excluding carboxylic acids is 2. The number of aromatic nitrogens is 2. The van der Waals surface area contributed by atoms with Crippen molar-refractivity contribution in [3.8, 4) is 10.4 Å². The van der Waals surface area contributed by atoms with Crippen LogP contribution in [0.4, 0.5) is 15.7 Å². The number of aryl methyl sites for hydroxylation is 1. The Labute approximate surface area is 173 Å². The number of esters is 1. The number of nitrogens with one attached hydrogen (secondary N) is 2. The molecule has 0 atom stereocenters. The summed E-state index contributed by atoms with van der Waals surface area (Å²) in [4.78, 5) is 35.4. The van der Waals surface area contributed by atoms with Gasteiger partial charge in [-0.25, -0.2) is 14.8 Å². The molecule has 3 rings (SSSR count). The number of carbonyl (C=O) groups is 2. The molecule has 0 radical (unpaired) electrons. The molecule has 2 amide bonds. The molecule has 29 heavy (non-hydrogen) atoms. The Morgan fingerprint density at radius 2 is 2.14 bits per heavy atom. The maximum absolute atomic E-state index is 12.0. The second-order valence-corrected chi connectivity index (χ2v) is 7.37. The average Bonchev–Trinajstić information content (AvgIpc) is 3.09. The lowest BCUT2D eigenvalue weighted by Gasteiger charge is -2.27. The molecule has 2 N–H and O–H groups in total. The van der Waals surface area contributed by atoms with Crippen molar-refractivity contribution in [1.29, 1.82) is 0 Å². The van der Waals surface area contributed by atoms with Gasteiger partial charge in [-0.05, 0) is 31.5 Å². The second kappa shape index (κ2) is 10.2. The molecule has 1 aliphatic heterocycles. The fraction of sp³-hybridized carbons (Fsp3) is 0.474. The number of hydrogen-bond donors (Lipinski definition) is 2. The first-order valence-corrected chi connectivity index (χ1v) is 10.4. The Kier molecular flexibility index (Phi) is 7.36. The first-order valence-electron chi connectivity index (χ1n) is 9.54. The Hall–Kier alpha value is -2.72. The molecule has 0 aromatic carbocycles. The summed E-state index contributed by atoms with van der Waals surface area (Å²) in [5, 5.41) is 5.84. The first kappa shape index (κ1) is 21.0. The van der Waals surface area contributed by atoms with Crippen LogP contribution in [-0.4, -0.2) is 61.4 Å². The van der Waals surface area contributed by atoms with E-state index in [-0.39, 0.29) is 18.9 Å². The van der Waals surface area contributed by atoms with Crippen LogP contribution in [0.15, 0.2) is 18.3 Å². The Morgan fingerprint density at radius 1 is 1.34 bits per heavy atom. The normalized spacial score (nSPS) is 13.8. The van der Waals surface area contributed by atoms with Gasteiger partial charge in [0.1, 0.15) is 5.82 Å². The number of anilines is 2. The van der Waals surface area contributed by atoms with E-state index in [0.717, 1.165) is 35.0 Å². The number of nitrogens with zero attached hydrogens (tertiary/aromatic N) is 3. The van der Waals surface area contributed by atoms with Crippen molar-refractivity contribution in [3.63, 3.8) is 0 Å². The highest BCUT2D eigenvalue weighted by atomic mass is 32.1. The summed E-state index contributed by atoms with van der Waals surface area (Å²) in [6, 6.07) is 3.57. The first-order chi connectivity index (χ1) is 14.1. The molecule has 1 aliphatic rings. The number of morpholine rings is 1. The third kappa shape index (κ3) is 5.88. The molecule has 10 heteroatoms. The summed E-state index contributed by atoms with van der Waals surface area (Å²) in [7, 11) is 0. The Bertz CT molecular complexity index is 851. The van der Waals surface area contributed by atoms with Gasteiger partial charge in [-0.3, -0.25) is 10.1 Å². The summed E-state index contributed by atoms with van der Waals surface area (Å²) in [6.45, 7) is 7.21. The lowest BCUT2D eigenvalue weighted by Crippen LogP contribution is -2.36. The Balaban J connectivity index is 1.61. The number of hydrogen-bond acceptors (Lipinski definition) is 8. The zero-order valence-electron chi connectivity index (χ0n) is 16.6. The molecule has 0 bridgehead atoms. The van der Waals surface area contributed by atoms with Crippen molar-refractivity contribution < 1.29 is 19.1 Å². The molecule has 1 fully saturated rings. The molecular formula is C19H25N5O4S. The van der Waals surface area contributed by atoms with E-state index in [0.29, 0.717) is 25.0 Å². The molecule has 2 aromatic heterocycles. The fourth-order valence-corrected chi connectivity index (χ4v) is 3.85. The summed E-state index contributed by atoms with van der Waals surface area (Å²) < 4.78 is 10.2. The van der Waals surface area contributed by atoms with E-state index in [1.807, 2.05) is 19.1 Å². The lowest BCUT2D eigenvalue weighted by atomic mass is 10.2. The Morgan fingerprint density at radius 3 is 2.90 bits per heavy atom. The topological polar surface area (TPSA) is 106 Å². The van der Waals surface area contributed by atoms with Gasteiger partial charge in [-0.15, -0.1) is 0 Å². The molecule has 3 heterocycles. The largest absolute Gasteiger partial charge is 0.466 e. The number of amides is 2. The van der Waals surface area contributed by atoms with Crippen LogP contribution in [0.1, 0.15) is 19.0 Å². The van der Waals surface area contributed by atoms with Crippen molar-refractivity contribution in [1.82, 2.24) is 15.3 Å². The lowest BCUT2D eigenvalue weighted by molar-refractivity contribution is -0.142. The van der Waals surface area contributed by atoms with E-state index in [4.69, 9.17) is 9.47 Å². The highest BCUT2D eigenvalue weighted by molar-refractivity contribution is 7.19. The summed E-state index contributed by atoms with van der Waals surface area (Å²) in [6.07, 6.45) is 1.92. The monoisotopic (exact) mass is 419 g/mol. The molecule has 0 unspecified atom stereocenters. The standard InChI is InChI=1S/C19H25N5O4S/c1-3-28-16(25)5-7-21-18(26)23-19-22-13(2)17(29-19)14-4-6-20-15(12-14)24-8-10-27-11-9-24/h4,6,12H,3,5,7-11H2,1-2H3,(H2,21,22,23,26). The van der Waals surface area contributed by atoms with Crippen molar-refractivity contribution in [2.24, 2.45) is 0 Å². The van der Waals surface area contributed by atoms with Gasteiger partial charge < -0.3 is 19.7 Å². The van der Waals surface area contributed by atoms with Gasteiger partial charge >= 0.3 is 12.0 Å². The highest BCUT2D eigenvalue weighted by Crippen LogP contribution is 2.34. The van der Waals surface area contributed by atoms with Crippen LogP contribution in [-0.2, 0) is 14.3 Å². The molecular weight excluding hydrogens is 394 g/mol. The van der Waals surface area contributed by atoms with Gasteiger partial charge in [-0.1, -0.05) is 11.3 Å². The van der Waals surface area contributed by atoms with Gasteiger partial charge in [-0.2, -0.15) is 0 Å². The predicted octanol–water partition coefficient (Wildman–Crippen LogP) is 2.42. The predicted molar refractivity (Wildman–Crippen MR) is 111 cm³/mol. The van der Waals surface area contributed by atoms with Gasteiger partial charge in [0.2, 0.25) is 0 Å². The number of pyridine rings is 1. The van der Waals surface area contributed by atoms with Crippen LogP contribution in [0, 0.1) is 6.92 Å². The summed E-state index contributed by atoms with van der Waals surface area (Å²) >= 11 is 1.40. The maximum Gasteiger partial charge on any atom is 0.321 e. The molecule has 2 aromatic rings. The molecule has 9 nitrogen and oxygen atoms in total. The van der Waals surface area contributed by atoms with Crippen molar-refractivity contribution in [2.45, 2.75) is 20.3 Å². The summed E-state index contributed by atoms with van der Waals surface area (Å²) in [5.41, 5.74) is 1.84. The van der Waals surface area contributed by atoms with Crippen LogP contribution >= 0.6 is 11.3 Å². The van der Waals surface area contributed by atoms with Crippen molar-refractivity contribution in [3.05, 3.63) is 24.0 Å². The van der Waals surface area contributed by atoms with Crippen LogP contribution in [0.25, 0.3) is 10.4 Å². The second-order valence-electron chi connectivity index (χ2n) is 6.37. The minimum atomic E-state index is -0.404. The van der Waals surface area contributed by atoms with Crippen LogP contribution in [0.3, 0.4) is 0 Å². The van der Waals surface area contributed by atoms with Crippen molar-refractivity contribution in [2.75, 3.05) is 49.7 Å². The molecule has 0 saturated carbocycles. The number of urea groups is 1. The number of ether oxygens (including phenoxy) is 2. The molecule has 0 spiro atoms. The summed E-state index contributed by atoms with van der Waals surface area (Å²) in [5.74, 6) is 0.568. The van der Waals surface area contributed by atoms with Gasteiger partial charge in [0.25, 0.3) is 0 Å². The molecule has 1 saturated heterocycles.